The first kappa shape index (κ1) is 19.0. The van der Waals surface area contributed by atoms with E-state index in [1.165, 1.54) is 51.4 Å². The van der Waals surface area contributed by atoms with Gasteiger partial charge in [-0.3, -0.25) is 0 Å². The van der Waals surface area contributed by atoms with Crippen LogP contribution in [0.4, 0.5) is 0 Å². The van der Waals surface area contributed by atoms with Crippen LogP contribution in [-0.2, 0) is 4.74 Å². The van der Waals surface area contributed by atoms with Crippen molar-refractivity contribution in [2.75, 3.05) is 19.7 Å². The van der Waals surface area contributed by atoms with Crippen LogP contribution in [0.25, 0.3) is 0 Å². The third-order valence-electron chi connectivity index (χ3n) is 5.15. The Hall–Kier alpha value is -0.0800. The smallest absolute Gasteiger partial charge is 0.0806 e. The standard InChI is InChI=1S/C19H39NO/c1-6-8-9-15-21-19(16-20-14-7-2)12-10-17(11-13-19)18(3,4)5/h17,20H,6-16H2,1-5H3. The Bertz CT molecular complexity index is 261. The molecule has 1 fully saturated rings. The molecule has 1 rings (SSSR count). The first-order valence-corrected chi connectivity index (χ1v) is 9.28. The summed E-state index contributed by atoms with van der Waals surface area (Å²) in [7, 11) is 0. The van der Waals surface area contributed by atoms with Crippen molar-refractivity contribution in [3.05, 3.63) is 0 Å². The van der Waals surface area contributed by atoms with Gasteiger partial charge in [-0.2, -0.15) is 0 Å². The van der Waals surface area contributed by atoms with E-state index in [0.717, 1.165) is 25.6 Å². The van der Waals surface area contributed by atoms with Crippen LogP contribution in [0.1, 0.15) is 86.0 Å². The predicted molar refractivity (Wildman–Crippen MR) is 92.8 cm³/mol. The second-order valence-corrected chi connectivity index (χ2v) is 8.06. The van der Waals surface area contributed by atoms with Gasteiger partial charge in [0.2, 0.25) is 0 Å². The van der Waals surface area contributed by atoms with Gasteiger partial charge >= 0.3 is 0 Å². The first-order chi connectivity index (χ1) is 9.93. The first-order valence-electron chi connectivity index (χ1n) is 9.28. The highest BCUT2D eigenvalue weighted by atomic mass is 16.5. The Kier molecular flexibility index (Phi) is 8.26. The molecule has 1 aliphatic rings. The molecule has 1 N–H and O–H groups in total. The van der Waals surface area contributed by atoms with E-state index >= 15 is 0 Å². The van der Waals surface area contributed by atoms with Gasteiger partial charge in [0.05, 0.1) is 5.60 Å². The SMILES string of the molecule is CCCCCOC1(CNCCC)CCC(C(C)(C)C)CC1. The zero-order valence-corrected chi connectivity index (χ0v) is 15.3. The summed E-state index contributed by atoms with van der Waals surface area (Å²) in [5.41, 5.74) is 0.565. The van der Waals surface area contributed by atoms with Gasteiger partial charge in [-0.25, -0.2) is 0 Å². The second kappa shape index (κ2) is 9.15. The molecular formula is C19H39NO. The van der Waals surface area contributed by atoms with Crippen LogP contribution in [0.2, 0.25) is 0 Å². The van der Waals surface area contributed by atoms with Crippen molar-refractivity contribution in [1.29, 1.82) is 0 Å². The lowest BCUT2D eigenvalue weighted by molar-refractivity contribution is -0.0853. The zero-order chi connectivity index (χ0) is 15.8. The highest BCUT2D eigenvalue weighted by Crippen LogP contribution is 2.42. The Balaban J connectivity index is 2.50. The summed E-state index contributed by atoms with van der Waals surface area (Å²) in [5.74, 6) is 0.857. The highest BCUT2D eigenvalue weighted by molar-refractivity contribution is 4.92. The zero-order valence-electron chi connectivity index (χ0n) is 15.3. The van der Waals surface area contributed by atoms with E-state index in [1.807, 2.05) is 0 Å². The summed E-state index contributed by atoms with van der Waals surface area (Å²) in [4.78, 5) is 0. The summed E-state index contributed by atoms with van der Waals surface area (Å²) >= 11 is 0. The summed E-state index contributed by atoms with van der Waals surface area (Å²) in [5, 5.41) is 3.62. The van der Waals surface area contributed by atoms with E-state index in [0.29, 0.717) is 5.41 Å². The van der Waals surface area contributed by atoms with Gasteiger partial charge in [-0.05, 0) is 56.4 Å². The van der Waals surface area contributed by atoms with Gasteiger partial charge < -0.3 is 10.1 Å². The van der Waals surface area contributed by atoms with Crippen molar-refractivity contribution in [3.63, 3.8) is 0 Å². The van der Waals surface area contributed by atoms with Crippen molar-refractivity contribution in [1.82, 2.24) is 5.32 Å². The summed E-state index contributed by atoms with van der Waals surface area (Å²) in [6.07, 6.45) is 10.1. The molecule has 2 nitrogen and oxygen atoms in total. The molecule has 0 atom stereocenters. The molecule has 0 aromatic carbocycles. The quantitative estimate of drug-likeness (QED) is 0.593. The van der Waals surface area contributed by atoms with Crippen LogP contribution in [0.15, 0.2) is 0 Å². The second-order valence-electron chi connectivity index (χ2n) is 8.06. The third-order valence-corrected chi connectivity index (χ3v) is 5.15. The van der Waals surface area contributed by atoms with Gasteiger partial charge in [-0.15, -0.1) is 0 Å². The van der Waals surface area contributed by atoms with Gasteiger partial charge in [0.25, 0.3) is 0 Å². The molecule has 1 aliphatic carbocycles. The highest BCUT2D eigenvalue weighted by Gasteiger charge is 2.39. The summed E-state index contributed by atoms with van der Waals surface area (Å²) < 4.78 is 6.42. The third kappa shape index (κ3) is 6.69. The maximum Gasteiger partial charge on any atom is 0.0806 e. The number of rotatable bonds is 9. The molecule has 0 bridgehead atoms. The average Bonchev–Trinajstić information content (AvgIpc) is 2.44. The number of ether oxygens (including phenoxy) is 1. The molecule has 2 heteroatoms. The lowest BCUT2D eigenvalue weighted by atomic mass is 9.68. The Morgan fingerprint density at radius 1 is 1.05 bits per heavy atom. The van der Waals surface area contributed by atoms with Gasteiger partial charge in [0.15, 0.2) is 0 Å². The number of hydrogen-bond donors (Lipinski definition) is 1. The molecule has 0 unspecified atom stereocenters. The molecule has 0 aliphatic heterocycles. The summed E-state index contributed by atoms with van der Waals surface area (Å²) in [6.45, 7) is 14.8. The maximum absolute atomic E-state index is 6.42. The van der Waals surface area contributed by atoms with Crippen LogP contribution < -0.4 is 5.32 Å². The Morgan fingerprint density at radius 3 is 2.24 bits per heavy atom. The fourth-order valence-corrected chi connectivity index (χ4v) is 3.52. The molecule has 0 saturated heterocycles. The van der Waals surface area contributed by atoms with Gasteiger partial charge in [-0.1, -0.05) is 47.5 Å². The molecule has 0 aromatic heterocycles. The minimum Gasteiger partial charge on any atom is -0.374 e. The van der Waals surface area contributed by atoms with Crippen molar-refractivity contribution in [2.24, 2.45) is 11.3 Å². The van der Waals surface area contributed by atoms with Crippen LogP contribution in [0.5, 0.6) is 0 Å². The molecule has 0 heterocycles. The molecule has 0 spiro atoms. The fourth-order valence-electron chi connectivity index (χ4n) is 3.52. The largest absolute Gasteiger partial charge is 0.374 e. The molecule has 1 saturated carbocycles. The van der Waals surface area contributed by atoms with E-state index in [4.69, 9.17) is 4.74 Å². The average molecular weight is 298 g/mol. The lowest BCUT2D eigenvalue weighted by Gasteiger charge is -2.44. The Labute approximate surface area is 133 Å². The molecule has 126 valence electrons. The van der Waals surface area contributed by atoms with Gasteiger partial charge in [0.1, 0.15) is 0 Å². The van der Waals surface area contributed by atoms with Crippen LogP contribution in [-0.4, -0.2) is 25.3 Å². The number of nitrogens with one attached hydrogen (secondary N) is 1. The van der Waals surface area contributed by atoms with E-state index in [-0.39, 0.29) is 5.60 Å². The van der Waals surface area contributed by atoms with Crippen LogP contribution in [0, 0.1) is 11.3 Å². The molecule has 0 amide bonds. The molecule has 0 aromatic rings. The summed E-state index contributed by atoms with van der Waals surface area (Å²) in [6, 6.07) is 0. The number of unbranched alkanes of at least 4 members (excludes halogenated alkanes) is 2. The fraction of sp³-hybridized carbons (Fsp3) is 1.00. The topological polar surface area (TPSA) is 21.3 Å². The Morgan fingerprint density at radius 2 is 1.71 bits per heavy atom. The minimum absolute atomic E-state index is 0.116. The van der Waals surface area contributed by atoms with Gasteiger partial charge in [0, 0.05) is 13.2 Å². The van der Waals surface area contributed by atoms with Crippen LogP contribution in [0.3, 0.4) is 0 Å². The van der Waals surface area contributed by atoms with E-state index in [9.17, 15) is 0 Å². The monoisotopic (exact) mass is 297 g/mol. The minimum atomic E-state index is 0.116. The van der Waals surface area contributed by atoms with Crippen molar-refractivity contribution in [3.8, 4) is 0 Å². The van der Waals surface area contributed by atoms with Crippen molar-refractivity contribution >= 4 is 0 Å². The van der Waals surface area contributed by atoms with Crippen LogP contribution >= 0.6 is 0 Å². The number of hydrogen-bond acceptors (Lipinski definition) is 2. The predicted octanol–water partition coefficient (Wildman–Crippen LogP) is 5.17. The van der Waals surface area contributed by atoms with Crippen molar-refractivity contribution < 1.29 is 4.74 Å². The molecule has 21 heavy (non-hydrogen) atoms. The lowest BCUT2D eigenvalue weighted by Crippen LogP contribution is -2.47. The van der Waals surface area contributed by atoms with E-state index < -0.39 is 0 Å². The van der Waals surface area contributed by atoms with E-state index in [2.05, 4.69) is 39.9 Å². The molecule has 0 radical (unpaired) electrons. The van der Waals surface area contributed by atoms with E-state index in [1.54, 1.807) is 0 Å². The molecular weight excluding hydrogens is 258 g/mol. The normalized spacial score (nSPS) is 27.0. The maximum atomic E-state index is 6.42. The van der Waals surface area contributed by atoms with Crippen molar-refractivity contribution in [2.45, 2.75) is 91.6 Å².